The molecule has 0 saturated carbocycles. The molecule has 1 aromatic rings. The van der Waals surface area contributed by atoms with Crippen LogP contribution >= 0.6 is 0 Å². The van der Waals surface area contributed by atoms with Gasteiger partial charge in [0.05, 0.1) is 5.92 Å². The summed E-state index contributed by atoms with van der Waals surface area (Å²) in [6, 6.07) is 9.42. The van der Waals surface area contributed by atoms with Crippen LogP contribution in [0.5, 0.6) is 0 Å². The van der Waals surface area contributed by atoms with E-state index in [9.17, 15) is 13.2 Å². The lowest BCUT2D eigenvalue weighted by Gasteiger charge is -2.19. The second-order valence-electron chi connectivity index (χ2n) is 4.77. The summed E-state index contributed by atoms with van der Waals surface area (Å²) in [7, 11) is 0. The van der Waals surface area contributed by atoms with Gasteiger partial charge < -0.3 is 5.11 Å². The first-order chi connectivity index (χ1) is 8.50. The van der Waals surface area contributed by atoms with Crippen LogP contribution in [0.2, 0.25) is 0 Å². The topological polar surface area (TPSA) is 23.5 Å². The van der Waals surface area contributed by atoms with Crippen molar-refractivity contribution in [3.63, 3.8) is 0 Å². The van der Waals surface area contributed by atoms with Crippen LogP contribution in [0.3, 0.4) is 0 Å². The molecule has 1 N–H and O–H groups in total. The number of likely N-dealkylation sites (tertiary alicyclic amines) is 1. The molecule has 1 saturated heterocycles. The van der Waals surface area contributed by atoms with Gasteiger partial charge in [0.15, 0.2) is 0 Å². The van der Waals surface area contributed by atoms with Gasteiger partial charge in [0.1, 0.15) is 0 Å². The highest BCUT2D eigenvalue weighted by Gasteiger charge is 2.49. The monoisotopic (exact) mass is 259 g/mol. The molecule has 0 spiro atoms. The first-order valence-electron chi connectivity index (χ1n) is 5.94. The van der Waals surface area contributed by atoms with E-state index in [1.54, 1.807) is 4.90 Å². The lowest BCUT2D eigenvalue weighted by atomic mass is 9.97. The number of alkyl halides is 3. The van der Waals surface area contributed by atoms with E-state index in [-0.39, 0.29) is 6.54 Å². The third-order valence-corrected chi connectivity index (χ3v) is 3.42. The van der Waals surface area contributed by atoms with E-state index in [0.717, 1.165) is 5.56 Å². The van der Waals surface area contributed by atoms with Crippen LogP contribution < -0.4 is 0 Å². The van der Waals surface area contributed by atoms with Gasteiger partial charge in [0.2, 0.25) is 0 Å². The van der Waals surface area contributed by atoms with Crippen molar-refractivity contribution in [1.82, 2.24) is 4.90 Å². The van der Waals surface area contributed by atoms with Gasteiger partial charge in [0, 0.05) is 32.2 Å². The van der Waals surface area contributed by atoms with Gasteiger partial charge in [-0.15, -0.1) is 0 Å². The van der Waals surface area contributed by atoms with Crippen LogP contribution in [0.25, 0.3) is 0 Å². The largest absolute Gasteiger partial charge is 0.396 e. The minimum absolute atomic E-state index is 0.0242. The predicted octanol–water partition coefficient (Wildman–Crippen LogP) is 2.29. The standard InChI is InChI=1S/C13H16F3NO/c14-13(15,16)12-8-17(7-11(12)9-18)6-10-4-2-1-3-5-10/h1-5,11-12,18H,6-9H2/t11-,12+/m0/s1. The zero-order valence-corrected chi connectivity index (χ0v) is 9.90. The van der Waals surface area contributed by atoms with Crippen molar-refractivity contribution in [3.05, 3.63) is 35.9 Å². The Morgan fingerprint density at radius 1 is 1.17 bits per heavy atom. The SMILES string of the molecule is OC[C@@H]1CN(Cc2ccccc2)C[C@H]1C(F)(F)F. The second-order valence-corrected chi connectivity index (χ2v) is 4.77. The highest BCUT2D eigenvalue weighted by atomic mass is 19.4. The number of nitrogens with zero attached hydrogens (tertiary/aromatic N) is 1. The number of halogens is 3. The van der Waals surface area contributed by atoms with E-state index >= 15 is 0 Å². The molecule has 1 aliphatic rings. The highest BCUT2D eigenvalue weighted by molar-refractivity contribution is 5.14. The molecule has 0 aromatic heterocycles. The van der Waals surface area contributed by atoms with E-state index < -0.39 is 24.6 Å². The van der Waals surface area contributed by atoms with Gasteiger partial charge in [-0.1, -0.05) is 30.3 Å². The van der Waals surface area contributed by atoms with Crippen molar-refractivity contribution in [2.45, 2.75) is 12.7 Å². The lowest BCUT2D eigenvalue weighted by Crippen LogP contribution is -2.31. The number of rotatable bonds is 3. The maximum atomic E-state index is 12.8. The Bertz CT molecular complexity index is 380. The molecule has 0 aliphatic carbocycles. The summed E-state index contributed by atoms with van der Waals surface area (Å²) >= 11 is 0. The summed E-state index contributed by atoms with van der Waals surface area (Å²) in [5.41, 5.74) is 0.997. The van der Waals surface area contributed by atoms with Crippen LogP contribution in [0.15, 0.2) is 30.3 Å². The van der Waals surface area contributed by atoms with Gasteiger partial charge in [-0.3, -0.25) is 4.90 Å². The summed E-state index contributed by atoms with van der Waals surface area (Å²) in [5.74, 6) is -2.11. The Kier molecular flexibility index (Phi) is 3.92. The Morgan fingerprint density at radius 3 is 2.33 bits per heavy atom. The number of hydrogen-bond acceptors (Lipinski definition) is 2. The Balaban J connectivity index is 2.01. The van der Waals surface area contributed by atoms with Gasteiger partial charge in [-0.05, 0) is 5.56 Å². The van der Waals surface area contributed by atoms with Crippen molar-refractivity contribution in [1.29, 1.82) is 0 Å². The number of aliphatic hydroxyl groups is 1. The molecule has 18 heavy (non-hydrogen) atoms. The van der Waals surface area contributed by atoms with Crippen molar-refractivity contribution < 1.29 is 18.3 Å². The van der Waals surface area contributed by atoms with Crippen molar-refractivity contribution in [2.75, 3.05) is 19.7 Å². The Hall–Kier alpha value is -1.07. The minimum Gasteiger partial charge on any atom is -0.396 e. The molecule has 1 aliphatic heterocycles. The normalized spacial score (nSPS) is 25.6. The van der Waals surface area contributed by atoms with Crippen LogP contribution in [0.4, 0.5) is 13.2 Å². The zero-order chi connectivity index (χ0) is 13.2. The first-order valence-corrected chi connectivity index (χ1v) is 5.94. The molecule has 1 heterocycles. The molecule has 1 aromatic carbocycles. The highest BCUT2D eigenvalue weighted by Crippen LogP contribution is 2.37. The number of aliphatic hydroxyl groups excluding tert-OH is 1. The van der Waals surface area contributed by atoms with Gasteiger partial charge >= 0.3 is 6.18 Å². The molecule has 0 unspecified atom stereocenters. The molecule has 1 fully saturated rings. The summed E-state index contributed by atoms with van der Waals surface area (Å²) in [6.45, 7) is 0.374. The van der Waals surface area contributed by atoms with E-state index in [1.807, 2.05) is 30.3 Å². The third-order valence-electron chi connectivity index (χ3n) is 3.42. The van der Waals surface area contributed by atoms with E-state index in [0.29, 0.717) is 13.1 Å². The molecular weight excluding hydrogens is 243 g/mol. The van der Waals surface area contributed by atoms with Gasteiger partial charge in [-0.25, -0.2) is 0 Å². The molecule has 0 radical (unpaired) electrons. The smallest absolute Gasteiger partial charge is 0.393 e. The molecule has 2 nitrogen and oxygen atoms in total. The maximum absolute atomic E-state index is 12.8. The molecule has 100 valence electrons. The van der Waals surface area contributed by atoms with E-state index in [1.165, 1.54) is 0 Å². The average molecular weight is 259 g/mol. The van der Waals surface area contributed by atoms with Crippen LogP contribution in [-0.4, -0.2) is 35.9 Å². The second kappa shape index (κ2) is 5.28. The van der Waals surface area contributed by atoms with Crippen LogP contribution in [0.1, 0.15) is 5.56 Å². The Morgan fingerprint density at radius 2 is 1.83 bits per heavy atom. The Labute approximate surface area is 104 Å². The summed E-state index contributed by atoms with van der Waals surface area (Å²) in [6.07, 6.45) is -4.22. The molecular formula is C13H16F3NO. The molecule has 0 bridgehead atoms. The molecule has 2 atom stereocenters. The van der Waals surface area contributed by atoms with E-state index in [4.69, 9.17) is 5.11 Å². The summed E-state index contributed by atoms with van der Waals surface area (Å²) in [5, 5.41) is 9.06. The van der Waals surface area contributed by atoms with Crippen LogP contribution in [-0.2, 0) is 6.54 Å². The third kappa shape index (κ3) is 3.03. The average Bonchev–Trinajstić information content (AvgIpc) is 2.73. The van der Waals surface area contributed by atoms with Crippen molar-refractivity contribution in [2.24, 2.45) is 11.8 Å². The first kappa shape index (κ1) is 13.4. The van der Waals surface area contributed by atoms with Crippen molar-refractivity contribution >= 4 is 0 Å². The fourth-order valence-electron chi connectivity index (χ4n) is 2.49. The number of hydrogen-bond donors (Lipinski definition) is 1. The fourth-order valence-corrected chi connectivity index (χ4v) is 2.49. The lowest BCUT2D eigenvalue weighted by molar-refractivity contribution is -0.183. The molecule has 2 rings (SSSR count). The molecule has 5 heteroatoms. The van der Waals surface area contributed by atoms with Gasteiger partial charge in [-0.2, -0.15) is 13.2 Å². The van der Waals surface area contributed by atoms with E-state index in [2.05, 4.69) is 0 Å². The number of benzene rings is 1. The quantitative estimate of drug-likeness (QED) is 0.900. The summed E-state index contributed by atoms with van der Waals surface area (Å²) < 4.78 is 38.3. The minimum atomic E-state index is -4.22. The summed E-state index contributed by atoms with van der Waals surface area (Å²) in [4.78, 5) is 1.76. The zero-order valence-electron chi connectivity index (χ0n) is 9.90. The van der Waals surface area contributed by atoms with Crippen LogP contribution in [0, 0.1) is 11.8 Å². The predicted molar refractivity (Wildman–Crippen MR) is 61.8 cm³/mol. The van der Waals surface area contributed by atoms with Gasteiger partial charge in [0.25, 0.3) is 0 Å². The van der Waals surface area contributed by atoms with Crippen molar-refractivity contribution in [3.8, 4) is 0 Å². The fraction of sp³-hybridized carbons (Fsp3) is 0.538. The molecule has 0 amide bonds. The maximum Gasteiger partial charge on any atom is 0.393 e.